The largest absolute Gasteiger partial charge is 0.358 e. The van der Waals surface area contributed by atoms with Crippen LogP contribution in [0, 0.1) is 0 Å². The summed E-state index contributed by atoms with van der Waals surface area (Å²) in [5.74, 6) is -0.356. The smallest absolute Gasteiger partial charge is 0.261 e. The van der Waals surface area contributed by atoms with Gasteiger partial charge >= 0.3 is 0 Å². The monoisotopic (exact) mass is 268 g/mol. The predicted octanol–water partition coefficient (Wildman–Crippen LogP) is 1.74. The van der Waals surface area contributed by atoms with Crippen molar-refractivity contribution in [2.75, 3.05) is 13.6 Å². The first kappa shape index (κ1) is 14.7. The average Bonchev–Trinajstić information content (AvgIpc) is 2.79. The highest BCUT2D eigenvalue weighted by Gasteiger charge is 2.13. The third-order valence-corrected chi connectivity index (χ3v) is 3.90. The van der Waals surface area contributed by atoms with Gasteiger partial charge in [-0.25, -0.2) is 0 Å². The van der Waals surface area contributed by atoms with Crippen molar-refractivity contribution < 1.29 is 9.59 Å². The lowest BCUT2D eigenvalue weighted by atomic mass is 10.1. The van der Waals surface area contributed by atoms with Crippen LogP contribution in [-0.4, -0.2) is 25.4 Å². The van der Waals surface area contributed by atoms with Crippen molar-refractivity contribution in [3.63, 3.8) is 0 Å². The fraction of sp³-hybridized carbons (Fsp3) is 0.538. The van der Waals surface area contributed by atoms with Crippen LogP contribution in [0.5, 0.6) is 0 Å². The lowest BCUT2D eigenvalue weighted by Crippen LogP contribution is -2.34. The number of amides is 2. The van der Waals surface area contributed by atoms with Crippen LogP contribution in [0.4, 0.5) is 0 Å². The van der Waals surface area contributed by atoms with Gasteiger partial charge in [-0.3, -0.25) is 9.59 Å². The molecule has 0 unspecified atom stereocenters. The number of carbonyl (C=O) groups is 2. The highest BCUT2D eigenvalue weighted by Crippen LogP contribution is 2.24. The van der Waals surface area contributed by atoms with Crippen LogP contribution < -0.4 is 10.6 Å². The van der Waals surface area contributed by atoms with Crippen molar-refractivity contribution in [3.05, 3.63) is 21.4 Å². The standard InChI is InChI=1S/C13H20N2O2S/c1-4-6-10-9(5-2)7-11(18-10)13(17)15-8-12(16)14-3/h7H,4-6,8H2,1-3H3,(H,14,16)(H,15,17). The normalized spacial score (nSPS) is 10.2. The molecule has 0 aliphatic rings. The lowest BCUT2D eigenvalue weighted by molar-refractivity contribution is -0.119. The van der Waals surface area contributed by atoms with E-state index >= 15 is 0 Å². The summed E-state index contributed by atoms with van der Waals surface area (Å²) in [6.45, 7) is 4.25. The molecule has 0 spiro atoms. The second kappa shape index (κ2) is 7.16. The van der Waals surface area contributed by atoms with Gasteiger partial charge < -0.3 is 10.6 Å². The van der Waals surface area contributed by atoms with Gasteiger partial charge in [0.2, 0.25) is 5.91 Å². The SMILES string of the molecule is CCCc1sc(C(=O)NCC(=O)NC)cc1CC. The molecule has 0 atom stereocenters. The molecule has 0 saturated heterocycles. The van der Waals surface area contributed by atoms with Crippen LogP contribution in [0.2, 0.25) is 0 Å². The first-order chi connectivity index (χ1) is 8.62. The summed E-state index contributed by atoms with van der Waals surface area (Å²) in [5, 5.41) is 5.09. The summed E-state index contributed by atoms with van der Waals surface area (Å²) in [6.07, 6.45) is 3.03. The van der Waals surface area contributed by atoms with Crippen molar-refractivity contribution in [3.8, 4) is 0 Å². The van der Waals surface area contributed by atoms with Crippen molar-refractivity contribution >= 4 is 23.2 Å². The third kappa shape index (κ3) is 3.84. The molecule has 5 heteroatoms. The van der Waals surface area contributed by atoms with E-state index in [-0.39, 0.29) is 18.4 Å². The number of carbonyl (C=O) groups excluding carboxylic acids is 2. The number of nitrogens with one attached hydrogen (secondary N) is 2. The maximum absolute atomic E-state index is 11.9. The van der Waals surface area contributed by atoms with Gasteiger partial charge in [0.15, 0.2) is 0 Å². The predicted molar refractivity (Wildman–Crippen MR) is 74.1 cm³/mol. The van der Waals surface area contributed by atoms with Gasteiger partial charge in [-0.15, -0.1) is 11.3 Å². The Balaban J connectivity index is 2.70. The molecule has 18 heavy (non-hydrogen) atoms. The maximum atomic E-state index is 11.9. The van der Waals surface area contributed by atoms with Crippen molar-refractivity contribution in [2.45, 2.75) is 33.1 Å². The average molecular weight is 268 g/mol. The number of likely N-dealkylation sites (N-methyl/N-ethyl adjacent to an activating group) is 1. The molecule has 0 radical (unpaired) electrons. The first-order valence-corrected chi connectivity index (χ1v) is 7.04. The first-order valence-electron chi connectivity index (χ1n) is 6.22. The molecule has 0 bridgehead atoms. The Kier molecular flexibility index (Phi) is 5.85. The van der Waals surface area contributed by atoms with Crippen molar-refractivity contribution in [1.29, 1.82) is 0 Å². The van der Waals surface area contributed by atoms with Gasteiger partial charge in [0.1, 0.15) is 0 Å². The van der Waals surface area contributed by atoms with Crippen LogP contribution in [0.3, 0.4) is 0 Å². The van der Waals surface area contributed by atoms with Gasteiger partial charge in [-0.1, -0.05) is 20.3 Å². The van der Waals surface area contributed by atoms with Gasteiger partial charge in [0.05, 0.1) is 11.4 Å². The minimum Gasteiger partial charge on any atom is -0.358 e. The van der Waals surface area contributed by atoms with Crippen LogP contribution >= 0.6 is 11.3 Å². The molecule has 1 aromatic rings. The molecule has 2 amide bonds. The van der Waals surface area contributed by atoms with E-state index in [4.69, 9.17) is 0 Å². The molecule has 0 fully saturated rings. The number of thiophene rings is 1. The molecule has 0 saturated carbocycles. The zero-order valence-electron chi connectivity index (χ0n) is 11.1. The fourth-order valence-corrected chi connectivity index (χ4v) is 2.92. The Hall–Kier alpha value is -1.36. The Bertz CT molecular complexity index is 427. The molecule has 1 rings (SSSR count). The van der Waals surface area contributed by atoms with E-state index in [0.29, 0.717) is 4.88 Å². The van der Waals surface area contributed by atoms with Gasteiger partial charge in [0, 0.05) is 11.9 Å². The number of rotatable bonds is 6. The van der Waals surface area contributed by atoms with Crippen molar-refractivity contribution in [1.82, 2.24) is 10.6 Å². The second-order valence-corrected chi connectivity index (χ2v) is 5.16. The Morgan fingerprint density at radius 2 is 2.06 bits per heavy atom. The van der Waals surface area contributed by atoms with E-state index in [1.54, 1.807) is 7.05 Å². The molecular formula is C13H20N2O2S. The van der Waals surface area contributed by atoms with Crippen LogP contribution in [-0.2, 0) is 17.6 Å². The molecule has 1 aromatic heterocycles. The Morgan fingerprint density at radius 1 is 1.33 bits per heavy atom. The molecule has 4 nitrogen and oxygen atoms in total. The molecule has 2 N–H and O–H groups in total. The van der Waals surface area contributed by atoms with E-state index in [2.05, 4.69) is 24.5 Å². The van der Waals surface area contributed by atoms with E-state index in [1.165, 1.54) is 21.8 Å². The molecular weight excluding hydrogens is 248 g/mol. The minimum absolute atomic E-state index is 0.0256. The van der Waals surface area contributed by atoms with E-state index in [1.807, 2.05) is 6.07 Å². The van der Waals surface area contributed by atoms with Crippen LogP contribution in [0.15, 0.2) is 6.07 Å². The fourth-order valence-electron chi connectivity index (χ4n) is 1.65. The number of hydrogen-bond donors (Lipinski definition) is 2. The molecule has 0 aliphatic heterocycles. The van der Waals surface area contributed by atoms with Gasteiger partial charge in [-0.05, 0) is 24.5 Å². The zero-order chi connectivity index (χ0) is 13.5. The number of aryl methyl sites for hydroxylation is 2. The van der Waals surface area contributed by atoms with Crippen molar-refractivity contribution in [2.24, 2.45) is 0 Å². The molecule has 0 aliphatic carbocycles. The Labute approximate surface area is 112 Å². The van der Waals surface area contributed by atoms with Gasteiger partial charge in [-0.2, -0.15) is 0 Å². The zero-order valence-corrected chi connectivity index (χ0v) is 11.9. The topological polar surface area (TPSA) is 58.2 Å². The molecule has 100 valence electrons. The van der Waals surface area contributed by atoms with E-state index in [0.717, 1.165) is 19.3 Å². The lowest BCUT2D eigenvalue weighted by Gasteiger charge is -2.01. The summed E-state index contributed by atoms with van der Waals surface area (Å²) in [4.78, 5) is 24.9. The summed E-state index contributed by atoms with van der Waals surface area (Å²) < 4.78 is 0. The molecule has 1 heterocycles. The summed E-state index contributed by atoms with van der Waals surface area (Å²) in [6, 6.07) is 1.94. The number of hydrogen-bond acceptors (Lipinski definition) is 3. The van der Waals surface area contributed by atoms with E-state index < -0.39 is 0 Å². The van der Waals surface area contributed by atoms with E-state index in [9.17, 15) is 9.59 Å². The maximum Gasteiger partial charge on any atom is 0.261 e. The third-order valence-electron chi connectivity index (χ3n) is 2.67. The summed E-state index contributed by atoms with van der Waals surface area (Å²) in [5.41, 5.74) is 1.24. The summed E-state index contributed by atoms with van der Waals surface area (Å²) in [7, 11) is 1.55. The minimum atomic E-state index is -0.190. The quantitative estimate of drug-likeness (QED) is 0.825. The second-order valence-electron chi connectivity index (χ2n) is 4.02. The van der Waals surface area contributed by atoms with Crippen LogP contribution in [0.1, 0.15) is 40.4 Å². The van der Waals surface area contributed by atoms with Gasteiger partial charge in [0.25, 0.3) is 5.91 Å². The summed E-state index contributed by atoms with van der Waals surface area (Å²) >= 11 is 1.53. The molecule has 0 aromatic carbocycles. The van der Waals surface area contributed by atoms with Crippen LogP contribution in [0.25, 0.3) is 0 Å². The Morgan fingerprint density at radius 3 is 2.61 bits per heavy atom. The highest BCUT2D eigenvalue weighted by molar-refractivity contribution is 7.14. The highest BCUT2D eigenvalue weighted by atomic mass is 32.1.